The third kappa shape index (κ3) is 5.23. The Kier molecular flexibility index (Phi) is 6.53. The van der Waals surface area contributed by atoms with Crippen molar-refractivity contribution in [2.45, 2.75) is 43.9 Å². The zero-order valence-corrected chi connectivity index (χ0v) is 13.8. The van der Waals surface area contributed by atoms with Gasteiger partial charge in [0.25, 0.3) is 0 Å². The van der Waals surface area contributed by atoms with Crippen molar-refractivity contribution in [1.29, 1.82) is 0 Å². The van der Waals surface area contributed by atoms with Crippen LogP contribution in [0.4, 0.5) is 0 Å². The van der Waals surface area contributed by atoms with E-state index in [-0.39, 0.29) is 5.97 Å². The van der Waals surface area contributed by atoms with Gasteiger partial charge in [-0.25, -0.2) is 4.79 Å². The monoisotopic (exact) mass is 314 g/mol. The van der Waals surface area contributed by atoms with Gasteiger partial charge in [0.1, 0.15) is 5.75 Å². The van der Waals surface area contributed by atoms with Crippen LogP contribution in [-0.2, 0) is 6.42 Å². The van der Waals surface area contributed by atoms with Crippen LogP contribution in [0.3, 0.4) is 0 Å². The Morgan fingerprint density at radius 2 is 1.64 bits per heavy atom. The van der Waals surface area contributed by atoms with E-state index in [0.29, 0.717) is 11.3 Å². The first kappa shape index (κ1) is 16.6. The second-order valence-corrected chi connectivity index (χ2v) is 5.91. The highest BCUT2D eigenvalue weighted by atomic mass is 32.1. The SMILES string of the molecule is CCCCCCc1ccc(C(=O)Oc2ccc(S)cc2)cc1. The highest BCUT2D eigenvalue weighted by Gasteiger charge is 2.08. The molecule has 0 aliphatic carbocycles. The number of ether oxygens (including phenoxy) is 1. The highest BCUT2D eigenvalue weighted by molar-refractivity contribution is 7.80. The molecule has 0 fully saturated rings. The van der Waals surface area contributed by atoms with Crippen LogP contribution in [0.2, 0.25) is 0 Å². The summed E-state index contributed by atoms with van der Waals surface area (Å²) < 4.78 is 5.34. The van der Waals surface area contributed by atoms with Crippen molar-refractivity contribution < 1.29 is 9.53 Å². The molecule has 0 radical (unpaired) electrons. The van der Waals surface area contributed by atoms with Gasteiger partial charge in [-0.1, -0.05) is 38.3 Å². The molecule has 0 aliphatic heterocycles. The summed E-state index contributed by atoms with van der Waals surface area (Å²) in [7, 11) is 0. The molecule has 2 rings (SSSR count). The van der Waals surface area contributed by atoms with Gasteiger partial charge in [-0.05, 0) is 54.8 Å². The molecule has 116 valence electrons. The molecule has 0 saturated heterocycles. The topological polar surface area (TPSA) is 26.3 Å². The molecule has 0 saturated carbocycles. The van der Waals surface area contributed by atoms with E-state index in [4.69, 9.17) is 4.74 Å². The van der Waals surface area contributed by atoms with Crippen molar-refractivity contribution in [3.8, 4) is 5.75 Å². The Morgan fingerprint density at radius 1 is 0.955 bits per heavy atom. The van der Waals surface area contributed by atoms with Crippen LogP contribution in [0, 0.1) is 0 Å². The molecule has 0 bridgehead atoms. The van der Waals surface area contributed by atoms with E-state index in [1.165, 1.54) is 31.2 Å². The minimum Gasteiger partial charge on any atom is -0.423 e. The summed E-state index contributed by atoms with van der Waals surface area (Å²) in [4.78, 5) is 12.9. The summed E-state index contributed by atoms with van der Waals surface area (Å²) in [6.07, 6.45) is 6.07. The van der Waals surface area contributed by atoms with E-state index in [9.17, 15) is 4.79 Å². The molecule has 2 nitrogen and oxygen atoms in total. The number of hydrogen-bond acceptors (Lipinski definition) is 3. The molecule has 0 N–H and O–H groups in total. The van der Waals surface area contributed by atoms with Crippen LogP contribution in [0.1, 0.15) is 48.5 Å². The Balaban J connectivity index is 1.89. The van der Waals surface area contributed by atoms with Crippen LogP contribution in [0.15, 0.2) is 53.4 Å². The third-order valence-electron chi connectivity index (χ3n) is 3.56. The summed E-state index contributed by atoms with van der Waals surface area (Å²) in [6, 6.07) is 14.8. The fourth-order valence-corrected chi connectivity index (χ4v) is 2.39. The molecular formula is C19H22O2S. The van der Waals surface area contributed by atoms with Crippen LogP contribution in [0.25, 0.3) is 0 Å². The first-order valence-corrected chi connectivity index (χ1v) is 8.24. The minimum atomic E-state index is -0.329. The van der Waals surface area contributed by atoms with Crippen molar-refractivity contribution in [3.63, 3.8) is 0 Å². The van der Waals surface area contributed by atoms with Crippen molar-refractivity contribution >= 4 is 18.6 Å². The maximum atomic E-state index is 12.1. The van der Waals surface area contributed by atoms with Gasteiger partial charge in [-0.3, -0.25) is 0 Å². The minimum absolute atomic E-state index is 0.329. The molecule has 2 aromatic carbocycles. The lowest BCUT2D eigenvalue weighted by molar-refractivity contribution is 0.0734. The normalized spacial score (nSPS) is 10.5. The van der Waals surface area contributed by atoms with Gasteiger partial charge in [0.2, 0.25) is 0 Å². The average molecular weight is 314 g/mol. The van der Waals surface area contributed by atoms with E-state index in [1.807, 2.05) is 24.3 Å². The second kappa shape index (κ2) is 8.64. The lowest BCUT2D eigenvalue weighted by Gasteiger charge is -2.06. The molecular weight excluding hydrogens is 292 g/mol. The number of esters is 1. The number of unbranched alkanes of at least 4 members (excludes halogenated alkanes) is 3. The van der Waals surface area contributed by atoms with Gasteiger partial charge in [0, 0.05) is 4.90 Å². The van der Waals surface area contributed by atoms with E-state index >= 15 is 0 Å². The summed E-state index contributed by atoms with van der Waals surface area (Å²) in [5.74, 6) is 0.205. The molecule has 22 heavy (non-hydrogen) atoms. The van der Waals surface area contributed by atoms with Crippen molar-refractivity contribution in [1.82, 2.24) is 0 Å². The summed E-state index contributed by atoms with van der Waals surface area (Å²) in [5.41, 5.74) is 1.85. The van der Waals surface area contributed by atoms with Crippen LogP contribution in [-0.4, -0.2) is 5.97 Å². The van der Waals surface area contributed by atoms with Crippen molar-refractivity contribution in [2.24, 2.45) is 0 Å². The smallest absolute Gasteiger partial charge is 0.343 e. The third-order valence-corrected chi connectivity index (χ3v) is 3.85. The Bertz CT molecular complexity index is 588. The van der Waals surface area contributed by atoms with Gasteiger partial charge >= 0.3 is 5.97 Å². The molecule has 0 atom stereocenters. The van der Waals surface area contributed by atoms with Crippen LogP contribution in [0.5, 0.6) is 5.75 Å². The van der Waals surface area contributed by atoms with Gasteiger partial charge in [-0.2, -0.15) is 0 Å². The molecule has 3 heteroatoms. The molecule has 0 aromatic heterocycles. The van der Waals surface area contributed by atoms with Gasteiger partial charge in [0.15, 0.2) is 0 Å². The number of hydrogen-bond donors (Lipinski definition) is 1. The first-order chi connectivity index (χ1) is 10.7. The number of carbonyl (C=O) groups is 1. The van der Waals surface area contributed by atoms with Gasteiger partial charge in [-0.15, -0.1) is 12.6 Å². The molecule has 0 aliphatic rings. The standard InChI is InChI=1S/C19H22O2S/c1-2-3-4-5-6-15-7-9-16(10-8-15)19(20)21-17-11-13-18(22)14-12-17/h7-14,22H,2-6H2,1H3. The lowest BCUT2D eigenvalue weighted by atomic mass is 10.0. The number of benzene rings is 2. The Hall–Kier alpha value is -1.74. The molecule has 0 amide bonds. The first-order valence-electron chi connectivity index (χ1n) is 7.79. The zero-order chi connectivity index (χ0) is 15.8. The number of carbonyl (C=O) groups excluding carboxylic acids is 1. The fraction of sp³-hybridized carbons (Fsp3) is 0.316. The summed E-state index contributed by atoms with van der Waals surface area (Å²) in [6.45, 7) is 2.21. The Morgan fingerprint density at radius 3 is 2.27 bits per heavy atom. The molecule has 0 heterocycles. The van der Waals surface area contributed by atoms with Gasteiger partial charge < -0.3 is 4.74 Å². The van der Waals surface area contributed by atoms with Crippen LogP contribution < -0.4 is 4.74 Å². The average Bonchev–Trinajstić information content (AvgIpc) is 2.54. The predicted octanol–water partition coefficient (Wildman–Crippen LogP) is 5.32. The molecule has 2 aromatic rings. The number of aryl methyl sites for hydroxylation is 1. The summed E-state index contributed by atoms with van der Waals surface area (Å²) in [5, 5.41) is 0. The predicted molar refractivity (Wildman–Crippen MR) is 92.9 cm³/mol. The quantitative estimate of drug-likeness (QED) is 0.324. The largest absolute Gasteiger partial charge is 0.423 e. The molecule has 0 spiro atoms. The Labute approximate surface area is 137 Å². The second-order valence-electron chi connectivity index (χ2n) is 5.39. The maximum absolute atomic E-state index is 12.1. The number of thiol groups is 1. The molecule has 0 unspecified atom stereocenters. The van der Waals surface area contributed by atoms with Gasteiger partial charge in [0.05, 0.1) is 5.56 Å². The van der Waals surface area contributed by atoms with Crippen molar-refractivity contribution in [2.75, 3.05) is 0 Å². The highest BCUT2D eigenvalue weighted by Crippen LogP contribution is 2.16. The van der Waals surface area contributed by atoms with E-state index in [1.54, 1.807) is 24.3 Å². The van der Waals surface area contributed by atoms with E-state index < -0.39 is 0 Å². The lowest BCUT2D eigenvalue weighted by Crippen LogP contribution is -2.08. The van der Waals surface area contributed by atoms with E-state index in [0.717, 1.165) is 11.3 Å². The summed E-state index contributed by atoms with van der Waals surface area (Å²) >= 11 is 4.20. The maximum Gasteiger partial charge on any atom is 0.343 e. The van der Waals surface area contributed by atoms with E-state index in [2.05, 4.69) is 19.6 Å². The zero-order valence-electron chi connectivity index (χ0n) is 12.9. The van der Waals surface area contributed by atoms with Crippen molar-refractivity contribution in [3.05, 3.63) is 59.7 Å². The number of rotatable bonds is 7. The fourth-order valence-electron chi connectivity index (χ4n) is 2.24. The van der Waals surface area contributed by atoms with Crippen LogP contribution >= 0.6 is 12.6 Å².